The standard InChI is InChI=1S/C7H6N2/c1-2-3-4-7(5-8)6-9/h2,4H,1,3H2. The van der Waals surface area contributed by atoms with E-state index >= 15 is 0 Å². The topological polar surface area (TPSA) is 47.6 Å². The number of hydrogen-bond acceptors (Lipinski definition) is 2. The molecule has 0 radical (unpaired) electrons. The second kappa shape index (κ2) is 4.61. The molecule has 0 heterocycles. The molecule has 0 aliphatic carbocycles. The molecule has 44 valence electrons. The molecule has 0 bridgehead atoms. The summed E-state index contributed by atoms with van der Waals surface area (Å²) in [6, 6.07) is 3.48. The molecular weight excluding hydrogens is 112 g/mol. The van der Waals surface area contributed by atoms with Crippen LogP contribution in [0.4, 0.5) is 0 Å². The molecular formula is C7H6N2. The van der Waals surface area contributed by atoms with Crippen molar-refractivity contribution in [3.63, 3.8) is 0 Å². The van der Waals surface area contributed by atoms with E-state index in [-0.39, 0.29) is 5.57 Å². The molecule has 0 aliphatic rings. The summed E-state index contributed by atoms with van der Waals surface area (Å²) in [6.45, 7) is 3.44. The van der Waals surface area contributed by atoms with Crippen LogP contribution in [0.1, 0.15) is 6.42 Å². The van der Waals surface area contributed by atoms with Crippen LogP contribution in [0, 0.1) is 22.7 Å². The van der Waals surface area contributed by atoms with Gasteiger partial charge in [0.25, 0.3) is 0 Å². The quantitative estimate of drug-likeness (QED) is 0.407. The fourth-order valence-corrected chi connectivity index (χ4v) is 0.317. The van der Waals surface area contributed by atoms with Crippen LogP contribution in [0.5, 0.6) is 0 Å². The Bertz CT molecular complexity index is 184. The molecule has 0 aromatic heterocycles. The summed E-state index contributed by atoms with van der Waals surface area (Å²) >= 11 is 0. The minimum Gasteiger partial charge on any atom is -0.192 e. The lowest BCUT2D eigenvalue weighted by Gasteiger charge is -1.76. The number of hydrogen-bond donors (Lipinski definition) is 0. The minimum atomic E-state index is 0.148. The lowest BCUT2D eigenvalue weighted by molar-refractivity contribution is 1.36. The van der Waals surface area contributed by atoms with Gasteiger partial charge < -0.3 is 0 Å². The first-order valence-corrected chi connectivity index (χ1v) is 2.46. The van der Waals surface area contributed by atoms with Gasteiger partial charge >= 0.3 is 0 Å². The molecule has 0 saturated heterocycles. The molecule has 2 heteroatoms. The van der Waals surface area contributed by atoms with Crippen molar-refractivity contribution in [1.82, 2.24) is 0 Å². The second-order valence-corrected chi connectivity index (χ2v) is 1.37. The summed E-state index contributed by atoms with van der Waals surface area (Å²) in [5.74, 6) is 0. The number of rotatable bonds is 2. The van der Waals surface area contributed by atoms with E-state index in [1.165, 1.54) is 6.08 Å². The Morgan fingerprint density at radius 3 is 2.33 bits per heavy atom. The lowest BCUT2D eigenvalue weighted by Crippen LogP contribution is -1.68. The first-order valence-electron chi connectivity index (χ1n) is 2.46. The van der Waals surface area contributed by atoms with Crippen molar-refractivity contribution in [2.45, 2.75) is 6.42 Å². The first kappa shape index (κ1) is 7.46. The molecule has 0 aromatic rings. The van der Waals surface area contributed by atoms with E-state index < -0.39 is 0 Å². The van der Waals surface area contributed by atoms with E-state index in [4.69, 9.17) is 10.5 Å². The average Bonchev–Trinajstić information content (AvgIpc) is 1.91. The Hall–Kier alpha value is -1.54. The highest BCUT2D eigenvalue weighted by Gasteiger charge is 1.85. The third-order valence-corrected chi connectivity index (χ3v) is 0.730. The summed E-state index contributed by atoms with van der Waals surface area (Å²) in [6.07, 6.45) is 3.75. The maximum absolute atomic E-state index is 8.18. The van der Waals surface area contributed by atoms with Crippen molar-refractivity contribution < 1.29 is 0 Å². The van der Waals surface area contributed by atoms with Gasteiger partial charge in [-0.15, -0.1) is 6.58 Å². The summed E-state index contributed by atoms with van der Waals surface area (Å²) in [5, 5.41) is 16.4. The Balaban J connectivity index is 4.00. The van der Waals surface area contributed by atoms with Gasteiger partial charge in [0.2, 0.25) is 0 Å². The van der Waals surface area contributed by atoms with E-state index in [9.17, 15) is 0 Å². The predicted molar refractivity (Wildman–Crippen MR) is 34.1 cm³/mol. The van der Waals surface area contributed by atoms with Gasteiger partial charge in [-0.05, 0) is 6.42 Å². The fourth-order valence-electron chi connectivity index (χ4n) is 0.317. The van der Waals surface area contributed by atoms with Crippen LogP contribution in [0.3, 0.4) is 0 Å². The van der Waals surface area contributed by atoms with Crippen molar-refractivity contribution in [2.75, 3.05) is 0 Å². The van der Waals surface area contributed by atoms with E-state index in [0.29, 0.717) is 6.42 Å². The summed E-state index contributed by atoms with van der Waals surface area (Å²) in [7, 11) is 0. The maximum atomic E-state index is 8.18. The number of allylic oxidation sites excluding steroid dienone is 3. The molecule has 0 unspecified atom stereocenters. The van der Waals surface area contributed by atoms with Crippen LogP contribution in [0.2, 0.25) is 0 Å². The van der Waals surface area contributed by atoms with Crippen molar-refractivity contribution in [2.24, 2.45) is 0 Å². The summed E-state index contributed by atoms with van der Waals surface area (Å²) in [5.41, 5.74) is 0.148. The van der Waals surface area contributed by atoms with Gasteiger partial charge in [0.1, 0.15) is 17.7 Å². The third kappa shape index (κ3) is 3.08. The van der Waals surface area contributed by atoms with E-state index in [1.807, 2.05) is 0 Å². The summed E-state index contributed by atoms with van der Waals surface area (Å²) < 4.78 is 0. The fraction of sp³-hybridized carbons (Fsp3) is 0.143. The molecule has 0 saturated carbocycles. The highest BCUT2D eigenvalue weighted by molar-refractivity contribution is 5.35. The molecule has 0 rings (SSSR count). The molecule has 0 atom stereocenters. The Labute approximate surface area is 54.3 Å². The molecule has 0 fully saturated rings. The monoisotopic (exact) mass is 118 g/mol. The minimum absolute atomic E-state index is 0.148. The Kier molecular flexibility index (Phi) is 3.83. The largest absolute Gasteiger partial charge is 0.192 e. The van der Waals surface area contributed by atoms with Gasteiger partial charge in [0, 0.05) is 0 Å². The van der Waals surface area contributed by atoms with Crippen LogP contribution in [0.15, 0.2) is 24.3 Å². The molecule has 2 nitrogen and oxygen atoms in total. The smallest absolute Gasteiger partial charge is 0.126 e. The molecule has 0 N–H and O–H groups in total. The van der Waals surface area contributed by atoms with Gasteiger partial charge in [-0.1, -0.05) is 12.2 Å². The van der Waals surface area contributed by atoms with Crippen LogP contribution in [-0.4, -0.2) is 0 Å². The van der Waals surface area contributed by atoms with Crippen LogP contribution in [0.25, 0.3) is 0 Å². The van der Waals surface area contributed by atoms with Crippen molar-refractivity contribution in [3.05, 3.63) is 24.3 Å². The molecule has 9 heavy (non-hydrogen) atoms. The van der Waals surface area contributed by atoms with Crippen molar-refractivity contribution in [1.29, 1.82) is 10.5 Å². The number of nitrogens with zero attached hydrogens (tertiary/aromatic N) is 2. The molecule has 0 aromatic carbocycles. The molecule has 0 aliphatic heterocycles. The van der Waals surface area contributed by atoms with E-state index in [2.05, 4.69) is 6.58 Å². The number of nitriles is 2. The van der Waals surface area contributed by atoms with E-state index in [0.717, 1.165) is 0 Å². The van der Waals surface area contributed by atoms with Crippen molar-refractivity contribution in [3.8, 4) is 12.1 Å². The van der Waals surface area contributed by atoms with E-state index in [1.54, 1.807) is 18.2 Å². The zero-order valence-corrected chi connectivity index (χ0v) is 4.96. The third-order valence-electron chi connectivity index (χ3n) is 0.730. The van der Waals surface area contributed by atoms with Crippen LogP contribution in [-0.2, 0) is 0 Å². The SMILES string of the molecule is C=CCC=C(C#N)C#N. The summed E-state index contributed by atoms with van der Waals surface area (Å²) in [4.78, 5) is 0. The zero-order chi connectivity index (χ0) is 7.11. The zero-order valence-electron chi connectivity index (χ0n) is 4.96. The van der Waals surface area contributed by atoms with Gasteiger partial charge in [-0.2, -0.15) is 10.5 Å². The van der Waals surface area contributed by atoms with Gasteiger partial charge in [-0.25, -0.2) is 0 Å². The van der Waals surface area contributed by atoms with Gasteiger partial charge in [-0.3, -0.25) is 0 Å². The van der Waals surface area contributed by atoms with Gasteiger partial charge in [0.15, 0.2) is 0 Å². The molecule has 0 amide bonds. The highest BCUT2D eigenvalue weighted by Crippen LogP contribution is 1.91. The van der Waals surface area contributed by atoms with Crippen LogP contribution < -0.4 is 0 Å². The Morgan fingerprint density at radius 1 is 1.44 bits per heavy atom. The lowest BCUT2D eigenvalue weighted by atomic mass is 10.2. The Morgan fingerprint density at radius 2 is 2.00 bits per heavy atom. The highest BCUT2D eigenvalue weighted by atomic mass is 14.3. The van der Waals surface area contributed by atoms with Crippen LogP contribution >= 0.6 is 0 Å². The van der Waals surface area contributed by atoms with Gasteiger partial charge in [0.05, 0.1) is 0 Å². The normalized spacial score (nSPS) is 6.44. The van der Waals surface area contributed by atoms with Crippen molar-refractivity contribution >= 4 is 0 Å². The predicted octanol–water partition coefficient (Wildman–Crippen LogP) is 1.54. The first-order chi connectivity index (χ1) is 4.35. The average molecular weight is 118 g/mol. The maximum Gasteiger partial charge on any atom is 0.126 e. The molecule has 0 spiro atoms. The second-order valence-electron chi connectivity index (χ2n) is 1.37.